The number of benzene rings is 1. The van der Waals surface area contributed by atoms with Gasteiger partial charge in [0, 0.05) is 44.3 Å². The number of fused-ring (bicyclic) bond motifs is 1. The second-order valence-electron chi connectivity index (χ2n) is 7.63. The summed E-state index contributed by atoms with van der Waals surface area (Å²) < 4.78 is 0. The molecule has 1 N–H and O–H groups in total. The number of amides is 1. The lowest BCUT2D eigenvalue weighted by Gasteiger charge is -2.21. The predicted molar refractivity (Wildman–Crippen MR) is 122 cm³/mol. The molecule has 4 rings (SSSR count). The van der Waals surface area contributed by atoms with Gasteiger partial charge in [-0.2, -0.15) is 0 Å². The number of para-hydroxylation sites is 1. The Morgan fingerprint density at radius 1 is 1.10 bits per heavy atom. The zero-order valence-corrected chi connectivity index (χ0v) is 17.8. The normalized spacial score (nSPS) is 13.6. The molecule has 30 heavy (non-hydrogen) atoms. The van der Waals surface area contributed by atoms with Crippen LogP contribution in [-0.2, 0) is 6.54 Å². The van der Waals surface area contributed by atoms with Gasteiger partial charge in [-0.1, -0.05) is 24.3 Å². The molecule has 0 aliphatic carbocycles. The molecule has 0 spiro atoms. The number of pyridine rings is 2. The van der Waals surface area contributed by atoms with Gasteiger partial charge in [0.15, 0.2) is 0 Å². The molecule has 3 aromatic rings. The summed E-state index contributed by atoms with van der Waals surface area (Å²) in [5.41, 5.74) is 2.55. The standard InChI is InChI=1S/C24H29N5O/c1-3-28(4-2)22-12-11-18(16-25-22)17-26-24(30)20-15-19-9-5-6-10-21(19)27-23(20)29-13-7-8-14-29/h5-6,9-12,15-16H,3-4,7-8,13-14,17H2,1-2H3,(H,26,30). The topological polar surface area (TPSA) is 61.4 Å². The van der Waals surface area contributed by atoms with Crippen molar-refractivity contribution in [3.63, 3.8) is 0 Å². The lowest BCUT2D eigenvalue weighted by Crippen LogP contribution is -2.28. The van der Waals surface area contributed by atoms with Crippen LogP contribution in [0.3, 0.4) is 0 Å². The van der Waals surface area contributed by atoms with E-state index in [1.165, 1.54) is 0 Å². The zero-order valence-electron chi connectivity index (χ0n) is 17.8. The highest BCUT2D eigenvalue weighted by Crippen LogP contribution is 2.26. The van der Waals surface area contributed by atoms with Crippen molar-refractivity contribution < 1.29 is 4.79 Å². The van der Waals surface area contributed by atoms with Gasteiger partial charge in [0.1, 0.15) is 11.6 Å². The summed E-state index contributed by atoms with van der Waals surface area (Å²) in [7, 11) is 0. The first kappa shape index (κ1) is 20.1. The largest absolute Gasteiger partial charge is 0.357 e. The van der Waals surface area contributed by atoms with Crippen molar-refractivity contribution in [1.82, 2.24) is 15.3 Å². The second-order valence-corrected chi connectivity index (χ2v) is 7.63. The molecular formula is C24H29N5O. The maximum Gasteiger partial charge on any atom is 0.255 e. The quantitative estimate of drug-likeness (QED) is 0.646. The van der Waals surface area contributed by atoms with Crippen molar-refractivity contribution in [3.8, 4) is 0 Å². The number of carbonyl (C=O) groups is 1. The SMILES string of the molecule is CCN(CC)c1ccc(CNC(=O)c2cc3ccccc3nc2N2CCCC2)cn1. The van der Waals surface area contributed by atoms with E-state index < -0.39 is 0 Å². The molecule has 1 fully saturated rings. The van der Waals surface area contributed by atoms with Gasteiger partial charge in [0.05, 0.1) is 11.1 Å². The van der Waals surface area contributed by atoms with Crippen LogP contribution in [0.2, 0.25) is 0 Å². The molecule has 156 valence electrons. The van der Waals surface area contributed by atoms with Crippen molar-refractivity contribution in [3.05, 3.63) is 59.8 Å². The number of hydrogen-bond donors (Lipinski definition) is 1. The summed E-state index contributed by atoms with van der Waals surface area (Å²) in [6.45, 7) is 8.42. The van der Waals surface area contributed by atoms with Crippen molar-refractivity contribution in [2.75, 3.05) is 36.0 Å². The average molecular weight is 404 g/mol. The minimum Gasteiger partial charge on any atom is -0.357 e. The van der Waals surface area contributed by atoms with E-state index in [-0.39, 0.29) is 5.91 Å². The highest BCUT2D eigenvalue weighted by Gasteiger charge is 2.22. The molecule has 1 aliphatic rings. The predicted octanol–water partition coefficient (Wildman–Crippen LogP) is 4.01. The molecule has 0 atom stereocenters. The summed E-state index contributed by atoms with van der Waals surface area (Å²) in [6.07, 6.45) is 4.12. The van der Waals surface area contributed by atoms with Crippen LogP contribution in [0.15, 0.2) is 48.7 Å². The Morgan fingerprint density at radius 2 is 1.87 bits per heavy atom. The van der Waals surface area contributed by atoms with E-state index in [1.807, 2.05) is 48.7 Å². The Balaban J connectivity index is 1.53. The van der Waals surface area contributed by atoms with Gasteiger partial charge >= 0.3 is 0 Å². The van der Waals surface area contributed by atoms with Crippen LogP contribution in [0.4, 0.5) is 11.6 Å². The third-order valence-electron chi connectivity index (χ3n) is 5.70. The van der Waals surface area contributed by atoms with Crippen molar-refractivity contribution in [1.29, 1.82) is 0 Å². The summed E-state index contributed by atoms with van der Waals surface area (Å²) in [6, 6.07) is 14.0. The molecule has 1 saturated heterocycles. The van der Waals surface area contributed by atoms with Crippen molar-refractivity contribution in [2.45, 2.75) is 33.2 Å². The number of hydrogen-bond acceptors (Lipinski definition) is 5. The Morgan fingerprint density at radius 3 is 2.57 bits per heavy atom. The Hall–Kier alpha value is -3.15. The van der Waals surface area contributed by atoms with Crippen LogP contribution < -0.4 is 15.1 Å². The van der Waals surface area contributed by atoms with Gasteiger partial charge in [0.2, 0.25) is 0 Å². The van der Waals surface area contributed by atoms with Gasteiger partial charge in [0.25, 0.3) is 5.91 Å². The highest BCUT2D eigenvalue weighted by atomic mass is 16.1. The molecule has 0 saturated carbocycles. The van der Waals surface area contributed by atoms with Gasteiger partial charge in [-0.25, -0.2) is 9.97 Å². The van der Waals surface area contributed by atoms with E-state index >= 15 is 0 Å². The fraction of sp³-hybridized carbons (Fsp3) is 0.375. The second kappa shape index (κ2) is 9.11. The summed E-state index contributed by atoms with van der Waals surface area (Å²) in [5, 5.41) is 4.04. The van der Waals surface area contributed by atoms with Crippen LogP contribution in [-0.4, -0.2) is 42.1 Å². The summed E-state index contributed by atoms with van der Waals surface area (Å²) >= 11 is 0. The fourth-order valence-electron chi connectivity index (χ4n) is 3.98. The molecule has 1 amide bonds. The first-order valence-corrected chi connectivity index (χ1v) is 10.8. The number of anilines is 2. The molecule has 6 nitrogen and oxygen atoms in total. The lowest BCUT2D eigenvalue weighted by molar-refractivity contribution is 0.0951. The molecular weight excluding hydrogens is 374 g/mol. The van der Waals surface area contributed by atoms with E-state index in [1.54, 1.807) is 0 Å². The van der Waals surface area contributed by atoms with E-state index in [0.717, 1.165) is 67.1 Å². The molecule has 1 aliphatic heterocycles. The van der Waals surface area contributed by atoms with E-state index in [0.29, 0.717) is 12.1 Å². The summed E-state index contributed by atoms with van der Waals surface area (Å²) in [4.78, 5) is 26.9. The van der Waals surface area contributed by atoms with Crippen LogP contribution in [0, 0.1) is 0 Å². The van der Waals surface area contributed by atoms with E-state index in [2.05, 4.69) is 33.9 Å². The smallest absolute Gasteiger partial charge is 0.255 e. The molecule has 6 heteroatoms. The van der Waals surface area contributed by atoms with Crippen LogP contribution in [0.1, 0.15) is 42.6 Å². The molecule has 3 heterocycles. The molecule has 1 aromatic carbocycles. The number of nitrogens with one attached hydrogen (secondary N) is 1. The monoisotopic (exact) mass is 403 g/mol. The molecule has 0 bridgehead atoms. The number of carbonyl (C=O) groups excluding carboxylic acids is 1. The van der Waals surface area contributed by atoms with Gasteiger partial charge in [-0.3, -0.25) is 4.79 Å². The van der Waals surface area contributed by atoms with Gasteiger partial charge in [-0.15, -0.1) is 0 Å². The highest BCUT2D eigenvalue weighted by molar-refractivity contribution is 6.02. The number of rotatable bonds is 7. The molecule has 2 aromatic heterocycles. The Bertz CT molecular complexity index is 1010. The van der Waals surface area contributed by atoms with Crippen LogP contribution in [0.25, 0.3) is 10.9 Å². The van der Waals surface area contributed by atoms with Crippen LogP contribution in [0.5, 0.6) is 0 Å². The Labute approximate surface area is 177 Å². The fourth-order valence-corrected chi connectivity index (χ4v) is 3.98. The Kier molecular flexibility index (Phi) is 6.12. The minimum atomic E-state index is -0.0945. The first-order chi connectivity index (χ1) is 14.7. The summed E-state index contributed by atoms with van der Waals surface area (Å²) in [5.74, 6) is 1.66. The molecule has 0 radical (unpaired) electrons. The van der Waals surface area contributed by atoms with Gasteiger partial charge in [-0.05, 0) is 50.5 Å². The van der Waals surface area contributed by atoms with Crippen molar-refractivity contribution >= 4 is 28.4 Å². The average Bonchev–Trinajstić information content (AvgIpc) is 3.33. The van der Waals surface area contributed by atoms with Gasteiger partial charge < -0.3 is 15.1 Å². The number of nitrogens with zero attached hydrogens (tertiary/aromatic N) is 4. The third-order valence-corrected chi connectivity index (χ3v) is 5.70. The maximum absolute atomic E-state index is 13.1. The van der Waals surface area contributed by atoms with Crippen LogP contribution >= 0.6 is 0 Å². The zero-order chi connectivity index (χ0) is 20.9. The first-order valence-electron chi connectivity index (χ1n) is 10.8. The third kappa shape index (κ3) is 4.22. The molecule has 0 unspecified atom stereocenters. The minimum absolute atomic E-state index is 0.0945. The van der Waals surface area contributed by atoms with Crippen molar-refractivity contribution in [2.24, 2.45) is 0 Å². The number of aromatic nitrogens is 2. The van der Waals surface area contributed by atoms with E-state index in [4.69, 9.17) is 4.98 Å². The lowest BCUT2D eigenvalue weighted by atomic mass is 10.1. The van der Waals surface area contributed by atoms with E-state index in [9.17, 15) is 4.79 Å². The maximum atomic E-state index is 13.1.